The number of aliphatic carboxylic acids is 3. The third-order valence-electron chi connectivity index (χ3n) is 2.15. The van der Waals surface area contributed by atoms with Gasteiger partial charge in [-0.2, -0.15) is 0 Å². The Morgan fingerprint density at radius 3 is 1.67 bits per heavy atom. The Balaban J connectivity index is 0. The molecular formula is C7H14NO9P. The van der Waals surface area contributed by atoms with Gasteiger partial charge in [-0.25, -0.2) is 0 Å². The zero-order valence-electron chi connectivity index (χ0n) is 9.14. The molecule has 8 N–H and O–H groups in total. The minimum atomic E-state index is -5.32. The van der Waals surface area contributed by atoms with E-state index in [1.807, 2.05) is 0 Å². The number of carboxylic acid groups (broad SMARTS) is 3. The molecule has 1 unspecified atom stereocenters. The van der Waals surface area contributed by atoms with Crippen molar-refractivity contribution in [1.82, 2.24) is 6.15 Å². The molecule has 0 amide bonds. The van der Waals surface area contributed by atoms with E-state index in [1.165, 1.54) is 0 Å². The van der Waals surface area contributed by atoms with Gasteiger partial charge in [0.05, 0.1) is 6.42 Å². The average molecular weight is 287 g/mol. The summed E-state index contributed by atoms with van der Waals surface area (Å²) in [6.45, 7) is 0. The van der Waals surface area contributed by atoms with E-state index < -0.39 is 49.9 Å². The summed E-state index contributed by atoms with van der Waals surface area (Å²) < 4.78 is 11.1. The van der Waals surface area contributed by atoms with Gasteiger partial charge in [0.2, 0.25) is 0 Å². The van der Waals surface area contributed by atoms with E-state index in [9.17, 15) is 18.9 Å². The van der Waals surface area contributed by atoms with Gasteiger partial charge < -0.3 is 31.3 Å². The Kier molecular flexibility index (Phi) is 6.77. The fourth-order valence-corrected chi connectivity index (χ4v) is 2.20. The van der Waals surface area contributed by atoms with E-state index in [4.69, 9.17) is 25.1 Å². The van der Waals surface area contributed by atoms with Gasteiger partial charge in [0.15, 0.2) is 5.16 Å². The molecule has 0 heterocycles. The van der Waals surface area contributed by atoms with Crippen molar-refractivity contribution in [3.05, 3.63) is 0 Å². The molecule has 0 aromatic heterocycles. The first kappa shape index (κ1) is 18.9. The molecule has 0 bridgehead atoms. The molecule has 0 spiro atoms. The van der Waals surface area contributed by atoms with Crippen LogP contribution in [0, 0.1) is 0 Å². The lowest BCUT2D eigenvalue weighted by Crippen LogP contribution is -2.41. The average Bonchev–Trinajstić information content (AvgIpc) is 2.08. The van der Waals surface area contributed by atoms with Crippen molar-refractivity contribution < 1.29 is 44.1 Å². The van der Waals surface area contributed by atoms with Crippen LogP contribution in [0.3, 0.4) is 0 Å². The minimum Gasteiger partial charge on any atom is -0.481 e. The molecule has 10 nitrogen and oxygen atoms in total. The molecule has 1 atom stereocenters. The predicted molar refractivity (Wildman–Crippen MR) is 56.6 cm³/mol. The molecule has 0 saturated carbocycles. The molecule has 0 aromatic carbocycles. The summed E-state index contributed by atoms with van der Waals surface area (Å²) in [5, 5.41) is 22.7. The van der Waals surface area contributed by atoms with Crippen molar-refractivity contribution >= 4 is 25.5 Å². The smallest absolute Gasteiger partial charge is 0.343 e. The van der Waals surface area contributed by atoms with E-state index in [1.54, 1.807) is 0 Å². The van der Waals surface area contributed by atoms with Crippen molar-refractivity contribution in [2.24, 2.45) is 0 Å². The fourth-order valence-electron chi connectivity index (χ4n) is 1.21. The first-order valence-corrected chi connectivity index (χ1v) is 5.87. The molecule has 0 aromatic rings. The summed E-state index contributed by atoms with van der Waals surface area (Å²) in [7, 11) is -5.32. The number of hydrogen-bond acceptors (Lipinski definition) is 5. The number of hydrogen-bond donors (Lipinski definition) is 6. The Hall–Kier alpha value is -1.48. The third kappa shape index (κ3) is 4.41. The van der Waals surface area contributed by atoms with Gasteiger partial charge in [-0.05, 0) is 6.42 Å². The second kappa shape index (κ2) is 6.45. The Labute approximate surface area is 101 Å². The van der Waals surface area contributed by atoms with Gasteiger partial charge in [-0.15, -0.1) is 0 Å². The molecule has 18 heavy (non-hydrogen) atoms. The monoisotopic (exact) mass is 287 g/mol. The molecule has 0 fully saturated rings. The van der Waals surface area contributed by atoms with E-state index >= 15 is 0 Å². The van der Waals surface area contributed by atoms with Crippen LogP contribution >= 0.6 is 7.60 Å². The quantitative estimate of drug-likeness (QED) is 0.330. The SMILES string of the molecule is N.O=C(O)CCC(CC(=O)O)(C(=O)O)P(=O)(O)O. The number of carbonyl (C=O) groups is 3. The van der Waals surface area contributed by atoms with E-state index in [0.29, 0.717) is 0 Å². The van der Waals surface area contributed by atoms with Gasteiger partial charge in [-0.1, -0.05) is 0 Å². The maximum atomic E-state index is 11.1. The van der Waals surface area contributed by atoms with Gasteiger partial charge >= 0.3 is 25.5 Å². The van der Waals surface area contributed by atoms with Crippen LogP contribution in [0.25, 0.3) is 0 Å². The standard InChI is InChI=1S/C7H11O9P.H3N/c8-4(9)1-2-7(6(12)13,3-5(10)11)17(14,15)16;/h1-3H2,(H,8,9)(H,10,11)(H,12,13)(H2,14,15,16);1H3. The molecule has 0 rings (SSSR count). The summed E-state index contributed by atoms with van der Waals surface area (Å²) in [6.07, 6.45) is -3.17. The molecule has 0 aliphatic rings. The predicted octanol–water partition coefficient (Wildman–Crippen LogP) is -0.511. The van der Waals surface area contributed by atoms with Crippen molar-refractivity contribution in [2.75, 3.05) is 0 Å². The Morgan fingerprint density at radius 1 is 1.00 bits per heavy atom. The summed E-state index contributed by atoms with van der Waals surface area (Å²) in [4.78, 5) is 49.5. The molecule has 11 heteroatoms. The van der Waals surface area contributed by atoms with Gasteiger partial charge in [0.25, 0.3) is 0 Å². The van der Waals surface area contributed by atoms with Crippen LogP contribution in [0.1, 0.15) is 19.3 Å². The largest absolute Gasteiger partial charge is 0.481 e. The van der Waals surface area contributed by atoms with Crippen LogP contribution in [-0.4, -0.2) is 48.2 Å². The highest BCUT2D eigenvalue weighted by Gasteiger charge is 2.55. The summed E-state index contributed by atoms with van der Waals surface area (Å²) in [5.74, 6) is -5.25. The van der Waals surface area contributed by atoms with Crippen molar-refractivity contribution in [1.29, 1.82) is 0 Å². The lowest BCUT2D eigenvalue weighted by Gasteiger charge is -2.27. The van der Waals surface area contributed by atoms with Crippen LogP contribution in [0.5, 0.6) is 0 Å². The van der Waals surface area contributed by atoms with Crippen LogP contribution in [0.2, 0.25) is 0 Å². The third-order valence-corrected chi connectivity index (χ3v) is 3.84. The highest BCUT2D eigenvalue weighted by Crippen LogP contribution is 2.55. The van der Waals surface area contributed by atoms with Gasteiger partial charge in [0, 0.05) is 6.42 Å². The van der Waals surface area contributed by atoms with Crippen molar-refractivity contribution in [2.45, 2.75) is 24.4 Å². The van der Waals surface area contributed by atoms with E-state index in [0.717, 1.165) is 0 Å². The highest BCUT2D eigenvalue weighted by atomic mass is 31.2. The first-order chi connectivity index (χ1) is 7.53. The first-order valence-electron chi connectivity index (χ1n) is 4.25. The van der Waals surface area contributed by atoms with E-state index in [-0.39, 0.29) is 6.15 Å². The van der Waals surface area contributed by atoms with E-state index in [2.05, 4.69) is 0 Å². The van der Waals surface area contributed by atoms with Crippen molar-refractivity contribution in [3.8, 4) is 0 Å². The van der Waals surface area contributed by atoms with Gasteiger partial charge in [-0.3, -0.25) is 18.9 Å². The Bertz CT molecular complexity index is 388. The maximum Gasteiger partial charge on any atom is 0.343 e. The molecule has 0 saturated heterocycles. The van der Waals surface area contributed by atoms with Crippen LogP contribution < -0.4 is 6.15 Å². The summed E-state index contributed by atoms with van der Waals surface area (Å²) in [6, 6.07) is 0. The fraction of sp³-hybridized carbons (Fsp3) is 0.571. The molecule has 0 aliphatic carbocycles. The normalized spacial score (nSPS) is 14.1. The molecule has 106 valence electrons. The second-order valence-electron chi connectivity index (χ2n) is 3.35. The van der Waals surface area contributed by atoms with Crippen LogP contribution in [-0.2, 0) is 18.9 Å². The lowest BCUT2D eigenvalue weighted by molar-refractivity contribution is -0.148. The van der Waals surface area contributed by atoms with Crippen LogP contribution in [0.15, 0.2) is 0 Å². The topological polar surface area (TPSA) is 204 Å². The zero-order valence-corrected chi connectivity index (χ0v) is 10.0. The lowest BCUT2D eigenvalue weighted by atomic mass is 9.98. The van der Waals surface area contributed by atoms with Crippen molar-refractivity contribution in [3.63, 3.8) is 0 Å². The highest BCUT2D eigenvalue weighted by molar-refractivity contribution is 7.54. The molecule has 0 aliphatic heterocycles. The zero-order chi connectivity index (χ0) is 13.9. The summed E-state index contributed by atoms with van der Waals surface area (Å²) in [5.41, 5.74) is 0. The summed E-state index contributed by atoms with van der Waals surface area (Å²) >= 11 is 0. The maximum absolute atomic E-state index is 11.1. The van der Waals surface area contributed by atoms with Gasteiger partial charge in [0.1, 0.15) is 0 Å². The Morgan fingerprint density at radius 2 is 1.44 bits per heavy atom. The number of carboxylic acids is 3. The second-order valence-corrected chi connectivity index (χ2v) is 5.29. The minimum absolute atomic E-state index is 0. The van der Waals surface area contributed by atoms with Crippen LogP contribution in [0.4, 0.5) is 0 Å². The molecular weight excluding hydrogens is 273 g/mol. The molecule has 0 radical (unpaired) electrons. The number of rotatable bonds is 7.